The van der Waals surface area contributed by atoms with Gasteiger partial charge in [0.25, 0.3) is 5.91 Å². The maximum absolute atomic E-state index is 13.6. The van der Waals surface area contributed by atoms with Gasteiger partial charge in [0.2, 0.25) is 5.91 Å². The molecule has 1 aliphatic rings. The molecule has 2 aromatic rings. The van der Waals surface area contributed by atoms with Crippen LogP contribution in [0.3, 0.4) is 0 Å². The highest BCUT2D eigenvalue weighted by atomic mass is 19.1. The van der Waals surface area contributed by atoms with E-state index in [1.54, 1.807) is 49.3 Å². The van der Waals surface area contributed by atoms with Gasteiger partial charge < -0.3 is 15.0 Å². The number of hydrogen-bond donors (Lipinski definition) is 1. The molecule has 1 fully saturated rings. The molecule has 1 aliphatic heterocycles. The molecule has 0 aliphatic carbocycles. The number of piperazine rings is 1. The second-order valence-electron chi connectivity index (χ2n) is 7.16. The van der Waals surface area contributed by atoms with E-state index in [1.807, 2.05) is 11.0 Å². The molecule has 0 radical (unpaired) electrons. The van der Waals surface area contributed by atoms with Crippen molar-refractivity contribution in [1.29, 1.82) is 0 Å². The van der Waals surface area contributed by atoms with E-state index in [4.69, 9.17) is 4.74 Å². The lowest BCUT2D eigenvalue weighted by Crippen LogP contribution is -2.51. The molecule has 0 atom stereocenters. The molecule has 0 bridgehead atoms. The number of nitrogens with one attached hydrogen (secondary N) is 1. The maximum Gasteiger partial charge on any atom is 0.254 e. The second-order valence-corrected chi connectivity index (χ2v) is 7.16. The topological polar surface area (TPSA) is 61.9 Å². The number of benzene rings is 2. The quantitative estimate of drug-likeness (QED) is 0.809. The van der Waals surface area contributed by atoms with Crippen LogP contribution in [-0.2, 0) is 11.3 Å². The predicted octanol–water partition coefficient (Wildman–Crippen LogP) is 2.22. The van der Waals surface area contributed by atoms with Crippen LogP contribution in [0, 0.1) is 12.7 Å². The fraction of sp³-hybridized carbons (Fsp3) is 0.364. The normalized spacial score (nSPS) is 14.5. The van der Waals surface area contributed by atoms with Gasteiger partial charge >= 0.3 is 0 Å². The number of aryl methyl sites for hydroxylation is 1. The van der Waals surface area contributed by atoms with Crippen molar-refractivity contribution in [3.05, 3.63) is 65.0 Å². The van der Waals surface area contributed by atoms with Gasteiger partial charge in [-0.05, 0) is 42.3 Å². The summed E-state index contributed by atoms with van der Waals surface area (Å²) in [7, 11) is 1.57. The van der Waals surface area contributed by atoms with Crippen molar-refractivity contribution < 1.29 is 18.7 Å². The molecule has 29 heavy (non-hydrogen) atoms. The molecule has 2 amide bonds. The minimum absolute atomic E-state index is 0.0330. The first-order chi connectivity index (χ1) is 14.0. The van der Waals surface area contributed by atoms with E-state index in [-0.39, 0.29) is 24.2 Å². The van der Waals surface area contributed by atoms with Gasteiger partial charge in [0.1, 0.15) is 11.6 Å². The molecular formula is C22H26FN3O3. The Bertz CT molecular complexity index is 879. The number of hydrogen-bond acceptors (Lipinski definition) is 4. The van der Waals surface area contributed by atoms with E-state index in [0.717, 1.165) is 5.56 Å². The van der Waals surface area contributed by atoms with Gasteiger partial charge in [-0.2, -0.15) is 0 Å². The van der Waals surface area contributed by atoms with E-state index in [2.05, 4.69) is 5.32 Å². The summed E-state index contributed by atoms with van der Waals surface area (Å²) in [5, 5.41) is 2.82. The highest BCUT2D eigenvalue weighted by Gasteiger charge is 2.23. The number of carbonyl (C=O) groups is 2. The summed E-state index contributed by atoms with van der Waals surface area (Å²) in [5.74, 6) is 0.237. The van der Waals surface area contributed by atoms with E-state index in [0.29, 0.717) is 49.6 Å². The number of ether oxygens (including phenoxy) is 1. The average Bonchev–Trinajstić information content (AvgIpc) is 2.74. The number of carbonyl (C=O) groups excluding carboxylic acids is 2. The third-order valence-electron chi connectivity index (χ3n) is 5.07. The Balaban J connectivity index is 1.44. The Morgan fingerprint density at radius 1 is 1.10 bits per heavy atom. The lowest BCUT2D eigenvalue weighted by molar-refractivity contribution is -0.122. The summed E-state index contributed by atoms with van der Waals surface area (Å²) < 4.78 is 18.8. The third kappa shape index (κ3) is 5.54. The van der Waals surface area contributed by atoms with Gasteiger partial charge in [0.15, 0.2) is 0 Å². The largest absolute Gasteiger partial charge is 0.497 e. The van der Waals surface area contributed by atoms with Crippen LogP contribution in [-0.4, -0.2) is 61.4 Å². The highest BCUT2D eigenvalue weighted by molar-refractivity contribution is 5.94. The summed E-state index contributed by atoms with van der Waals surface area (Å²) in [6.45, 7) is 4.64. The highest BCUT2D eigenvalue weighted by Crippen LogP contribution is 2.15. The van der Waals surface area contributed by atoms with Gasteiger partial charge in [0, 0.05) is 38.3 Å². The van der Waals surface area contributed by atoms with E-state index in [9.17, 15) is 14.0 Å². The smallest absolute Gasteiger partial charge is 0.254 e. The summed E-state index contributed by atoms with van der Waals surface area (Å²) in [5.41, 5.74) is 1.91. The van der Waals surface area contributed by atoms with Crippen molar-refractivity contribution in [3.63, 3.8) is 0 Å². The van der Waals surface area contributed by atoms with Crippen molar-refractivity contribution in [2.45, 2.75) is 13.5 Å². The molecule has 3 rings (SSSR count). The summed E-state index contributed by atoms with van der Waals surface area (Å²) in [6.07, 6.45) is 0. The lowest BCUT2D eigenvalue weighted by Gasteiger charge is -2.34. The van der Waals surface area contributed by atoms with Gasteiger partial charge in [-0.25, -0.2) is 4.39 Å². The molecule has 1 N–H and O–H groups in total. The van der Waals surface area contributed by atoms with E-state index < -0.39 is 0 Å². The first kappa shape index (κ1) is 20.8. The summed E-state index contributed by atoms with van der Waals surface area (Å²) >= 11 is 0. The number of rotatable bonds is 6. The van der Waals surface area contributed by atoms with Gasteiger partial charge in [-0.3, -0.25) is 14.5 Å². The van der Waals surface area contributed by atoms with Crippen LogP contribution < -0.4 is 10.1 Å². The first-order valence-electron chi connectivity index (χ1n) is 9.63. The van der Waals surface area contributed by atoms with Crippen LogP contribution in [0.5, 0.6) is 5.75 Å². The van der Waals surface area contributed by atoms with Crippen molar-refractivity contribution in [1.82, 2.24) is 15.1 Å². The molecule has 7 heteroatoms. The van der Waals surface area contributed by atoms with Crippen LogP contribution >= 0.6 is 0 Å². The molecule has 1 heterocycles. The number of methoxy groups -OCH3 is 1. The third-order valence-corrected chi connectivity index (χ3v) is 5.07. The number of amides is 2. The molecule has 1 saturated heterocycles. The van der Waals surface area contributed by atoms with Crippen molar-refractivity contribution in [3.8, 4) is 5.75 Å². The zero-order chi connectivity index (χ0) is 20.8. The first-order valence-corrected chi connectivity index (χ1v) is 9.63. The molecule has 0 spiro atoms. The minimum atomic E-state index is -0.270. The van der Waals surface area contributed by atoms with Gasteiger partial charge in [0.05, 0.1) is 13.7 Å². The average molecular weight is 399 g/mol. The van der Waals surface area contributed by atoms with Gasteiger partial charge in [-0.15, -0.1) is 0 Å². The van der Waals surface area contributed by atoms with Gasteiger partial charge in [-0.1, -0.05) is 18.2 Å². The van der Waals surface area contributed by atoms with Crippen LogP contribution in [0.4, 0.5) is 4.39 Å². The standard InChI is InChI=1S/C22H26FN3O3/c1-16-6-7-17(12-20(16)23)14-24-21(27)15-25-8-10-26(11-9-25)22(28)18-4-3-5-19(13-18)29-2/h3-7,12-13H,8-11,14-15H2,1-2H3,(H,24,27). The minimum Gasteiger partial charge on any atom is -0.497 e. The second kappa shape index (κ2) is 9.52. The zero-order valence-electron chi connectivity index (χ0n) is 16.8. The monoisotopic (exact) mass is 399 g/mol. The lowest BCUT2D eigenvalue weighted by atomic mass is 10.1. The van der Waals surface area contributed by atoms with Crippen LogP contribution in [0.1, 0.15) is 21.5 Å². The molecule has 0 aromatic heterocycles. The Hall–Kier alpha value is -2.93. The number of halogens is 1. The Morgan fingerprint density at radius 2 is 1.86 bits per heavy atom. The van der Waals surface area contributed by atoms with Crippen molar-refractivity contribution in [2.75, 3.05) is 39.8 Å². The molecule has 0 saturated carbocycles. The molecule has 6 nitrogen and oxygen atoms in total. The molecule has 154 valence electrons. The Labute approximate surface area is 170 Å². The van der Waals surface area contributed by atoms with E-state index in [1.165, 1.54) is 6.07 Å². The van der Waals surface area contributed by atoms with E-state index >= 15 is 0 Å². The Kier molecular flexibility index (Phi) is 6.82. The summed E-state index contributed by atoms with van der Waals surface area (Å²) in [6, 6.07) is 12.1. The Morgan fingerprint density at radius 3 is 2.55 bits per heavy atom. The van der Waals surface area contributed by atoms with Crippen LogP contribution in [0.2, 0.25) is 0 Å². The van der Waals surface area contributed by atoms with Crippen molar-refractivity contribution >= 4 is 11.8 Å². The zero-order valence-corrected chi connectivity index (χ0v) is 16.8. The maximum atomic E-state index is 13.6. The molecule has 2 aromatic carbocycles. The SMILES string of the molecule is COc1cccc(C(=O)N2CCN(CC(=O)NCc3ccc(C)c(F)c3)CC2)c1. The summed E-state index contributed by atoms with van der Waals surface area (Å²) in [4.78, 5) is 28.7. The number of nitrogens with zero attached hydrogens (tertiary/aromatic N) is 2. The predicted molar refractivity (Wildman–Crippen MR) is 108 cm³/mol. The molecular weight excluding hydrogens is 373 g/mol. The van der Waals surface area contributed by atoms with Crippen LogP contribution in [0.25, 0.3) is 0 Å². The van der Waals surface area contributed by atoms with Crippen molar-refractivity contribution in [2.24, 2.45) is 0 Å². The fourth-order valence-corrected chi connectivity index (χ4v) is 3.25. The fourth-order valence-electron chi connectivity index (χ4n) is 3.25. The molecule has 0 unspecified atom stereocenters. The van der Waals surface area contributed by atoms with Crippen LogP contribution in [0.15, 0.2) is 42.5 Å².